The average Bonchev–Trinajstić information content (AvgIpc) is 2.80. The zero-order chi connectivity index (χ0) is 22.7. The van der Waals surface area contributed by atoms with Gasteiger partial charge in [0.15, 0.2) is 0 Å². The lowest BCUT2D eigenvalue weighted by atomic mass is 9.76. The van der Waals surface area contributed by atoms with E-state index in [0.717, 1.165) is 17.7 Å². The monoisotopic (exact) mass is 452 g/mol. The molecule has 1 aromatic heterocycles. The van der Waals surface area contributed by atoms with Gasteiger partial charge >= 0.3 is 0 Å². The largest absolute Gasteiger partial charge is 0.388 e. The van der Waals surface area contributed by atoms with E-state index in [9.17, 15) is 0 Å². The van der Waals surface area contributed by atoms with Crippen molar-refractivity contribution in [3.63, 3.8) is 0 Å². The van der Waals surface area contributed by atoms with E-state index < -0.39 is 0 Å². The molecular formula is C26H38N5S+. The Morgan fingerprint density at radius 1 is 1.28 bits per heavy atom. The highest BCUT2D eigenvalue weighted by Crippen LogP contribution is 2.42. The summed E-state index contributed by atoms with van der Waals surface area (Å²) in [7, 11) is 1.95. The van der Waals surface area contributed by atoms with Gasteiger partial charge in [0.05, 0.1) is 11.9 Å². The molecule has 1 aliphatic heterocycles. The maximum absolute atomic E-state index is 6.29. The molecule has 2 atom stereocenters. The van der Waals surface area contributed by atoms with Crippen molar-refractivity contribution in [1.82, 2.24) is 14.6 Å². The molecule has 2 aliphatic rings. The van der Waals surface area contributed by atoms with Crippen molar-refractivity contribution in [1.29, 1.82) is 0 Å². The average molecular weight is 453 g/mol. The third-order valence-corrected chi connectivity index (χ3v) is 7.92. The number of anilines is 1. The van der Waals surface area contributed by atoms with E-state index in [4.69, 9.17) is 5.73 Å². The fraction of sp³-hybridized carbons (Fsp3) is 0.500. The van der Waals surface area contributed by atoms with Crippen LogP contribution in [0, 0.1) is 0 Å². The number of piperidine rings is 1. The normalized spacial score (nSPS) is 22.8. The fourth-order valence-corrected chi connectivity index (χ4v) is 6.10. The second-order valence-corrected chi connectivity index (χ2v) is 10.8. The van der Waals surface area contributed by atoms with Gasteiger partial charge in [0, 0.05) is 55.8 Å². The lowest BCUT2D eigenvalue weighted by Crippen LogP contribution is -2.51. The molecule has 2 unspecified atom stereocenters. The summed E-state index contributed by atoms with van der Waals surface area (Å²) in [5.41, 5.74) is 13.6. The van der Waals surface area contributed by atoms with Crippen LogP contribution in [0.2, 0.25) is 0 Å². The number of hydrogen-bond acceptors (Lipinski definition) is 5. The molecule has 0 spiro atoms. The zero-order valence-electron chi connectivity index (χ0n) is 19.9. The Hall–Kier alpha value is -1.86. The number of pyridine rings is 1. The maximum atomic E-state index is 6.29. The summed E-state index contributed by atoms with van der Waals surface area (Å²) >= 11 is 1.47. The number of fused-ring (bicyclic) bond motifs is 1. The van der Waals surface area contributed by atoms with E-state index in [1.165, 1.54) is 65.9 Å². The minimum Gasteiger partial charge on any atom is -0.388 e. The molecule has 172 valence electrons. The molecule has 1 aliphatic carbocycles. The number of nitrogens with one attached hydrogen (secondary N) is 2. The van der Waals surface area contributed by atoms with Crippen LogP contribution in [0.5, 0.6) is 0 Å². The highest BCUT2D eigenvalue weighted by molar-refractivity contribution is 7.76. The zero-order valence-corrected chi connectivity index (χ0v) is 20.8. The first-order valence-corrected chi connectivity index (χ1v) is 12.9. The number of rotatable bonds is 7. The molecule has 0 amide bonds. The Balaban J connectivity index is 1.62. The van der Waals surface area contributed by atoms with E-state index in [0.29, 0.717) is 6.04 Å². The lowest BCUT2D eigenvalue weighted by Gasteiger charge is -2.41. The number of aromatic nitrogens is 1. The molecule has 6 heteroatoms. The Labute approximate surface area is 197 Å². The van der Waals surface area contributed by atoms with Crippen molar-refractivity contribution < 1.29 is 0 Å². The highest BCUT2D eigenvalue weighted by Gasteiger charge is 2.36. The van der Waals surface area contributed by atoms with Gasteiger partial charge in [-0.3, -0.25) is 4.98 Å². The first-order valence-electron chi connectivity index (χ1n) is 11.9. The molecule has 0 bridgehead atoms. The lowest BCUT2D eigenvalue weighted by molar-refractivity contribution is 0.241. The smallest absolute Gasteiger partial charge is 0.122 e. The molecule has 1 saturated heterocycles. The van der Waals surface area contributed by atoms with E-state index in [1.807, 2.05) is 20.2 Å². The van der Waals surface area contributed by atoms with E-state index in [2.05, 4.69) is 70.3 Å². The Morgan fingerprint density at radius 3 is 2.75 bits per heavy atom. The van der Waals surface area contributed by atoms with Crippen molar-refractivity contribution in [2.24, 2.45) is 5.73 Å². The van der Waals surface area contributed by atoms with Crippen LogP contribution in [0.25, 0.3) is 11.6 Å². The van der Waals surface area contributed by atoms with Gasteiger partial charge in [0.1, 0.15) is 5.75 Å². The van der Waals surface area contributed by atoms with Crippen LogP contribution < -0.4 is 16.4 Å². The molecule has 1 aromatic carbocycles. The topological polar surface area (TPSA) is 66.2 Å². The number of benzene rings is 1. The van der Waals surface area contributed by atoms with Crippen LogP contribution >= 0.6 is 0 Å². The van der Waals surface area contributed by atoms with Gasteiger partial charge in [-0.25, -0.2) is 0 Å². The van der Waals surface area contributed by atoms with Crippen LogP contribution in [0.3, 0.4) is 0 Å². The molecule has 4 rings (SSSR count). The number of nitrogens with two attached hydrogens (primary N) is 1. The summed E-state index contributed by atoms with van der Waals surface area (Å²) in [6.45, 7) is 9.01. The predicted molar refractivity (Wildman–Crippen MR) is 140 cm³/mol. The van der Waals surface area contributed by atoms with Crippen molar-refractivity contribution in [3.8, 4) is 0 Å². The molecule has 5 nitrogen and oxygen atoms in total. The summed E-state index contributed by atoms with van der Waals surface area (Å²) in [5, 5.41) is 7.35. The van der Waals surface area contributed by atoms with Crippen molar-refractivity contribution in [3.05, 3.63) is 58.9 Å². The summed E-state index contributed by atoms with van der Waals surface area (Å²) in [5.74, 6) is 1.21. The van der Waals surface area contributed by atoms with Gasteiger partial charge < -0.3 is 16.4 Å². The predicted octanol–water partition coefficient (Wildman–Crippen LogP) is 4.11. The maximum Gasteiger partial charge on any atom is 0.122 e. The van der Waals surface area contributed by atoms with Crippen molar-refractivity contribution in [2.75, 3.05) is 31.2 Å². The van der Waals surface area contributed by atoms with Crippen molar-refractivity contribution >= 4 is 29.3 Å². The highest BCUT2D eigenvalue weighted by atomic mass is 32.2. The van der Waals surface area contributed by atoms with Gasteiger partial charge in [-0.2, -0.15) is 0 Å². The van der Waals surface area contributed by atoms with Crippen molar-refractivity contribution in [2.45, 2.75) is 57.7 Å². The van der Waals surface area contributed by atoms with Gasteiger partial charge in [-0.1, -0.05) is 12.1 Å². The number of nitrogens with zero attached hydrogens (tertiary/aromatic N) is 2. The third-order valence-electron chi connectivity index (χ3n) is 6.84. The minimum atomic E-state index is -0.140. The van der Waals surface area contributed by atoms with E-state index in [1.54, 1.807) is 0 Å². The standard InChI is InChI=1S/C26H37N5S/c1-5-32-31-12-9-22(10-13-31)30-26(3)16-21(14-20-8-11-29-17-24(20)26)19-6-7-25(28-4)23(15-19)18(2)27/h6-8,11,14-15,17-18,22,28,30H,5,9-10,12-13,16,27H2,1-4H3/p+1. The van der Waals surface area contributed by atoms with Gasteiger partial charge in [-0.05, 0) is 86.1 Å². The molecule has 2 aromatic rings. The van der Waals surface area contributed by atoms with E-state index in [-0.39, 0.29) is 11.6 Å². The van der Waals surface area contributed by atoms with Crippen LogP contribution in [0.15, 0.2) is 36.7 Å². The molecule has 1 fully saturated rings. The Bertz CT molecular complexity index is 964. The molecule has 4 N–H and O–H groups in total. The second kappa shape index (κ2) is 9.96. The van der Waals surface area contributed by atoms with Crippen LogP contribution in [0.4, 0.5) is 5.69 Å². The van der Waals surface area contributed by atoms with Crippen LogP contribution in [-0.2, 0) is 17.5 Å². The van der Waals surface area contributed by atoms with Gasteiger partial charge in [0.25, 0.3) is 0 Å². The number of hydrogen-bond donors (Lipinski definition) is 3. The molecular weight excluding hydrogens is 414 g/mol. The van der Waals surface area contributed by atoms with E-state index >= 15 is 0 Å². The first kappa shape index (κ1) is 23.3. The van der Waals surface area contributed by atoms with Gasteiger partial charge in [0.2, 0.25) is 0 Å². The molecule has 2 heterocycles. The molecule has 0 radical (unpaired) electrons. The quantitative estimate of drug-likeness (QED) is 0.436. The number of thiol groups is 1. The Morgan fingerprint density at radius 2 is 2.06 bits per heavy atom. The second-order valence-electron chi connectivity index (χ2n) is 9.31. The first-order chi connectivity index (χ1) is 15.4. The molecule has 32 heavy (non-hydrogen) atoms. The summed E-state index contributed by atoms with van der Waals surface area (Å²) in [6, 6.07) is 9.29. The van der Waals surface area contributed by atoms with Crippen LogP contribution in [0.1, 0.15) is 68.3 Å². The molecule has 0 saturated carbocycles. The summed E-state index contributed by atoms with van der Waals surface area (Å²) in [6.07, 6.45) is 9.63. The minimum absolute atomic E-state index is 0.0184. The Kier molecular flexibility index (Phi) is 7.25. The summed E-state index contributed by atoms with van der Waals surface area (Å²) < 4.78 is 2.57. The fourth-order valence-electron chi connectivity index (χ4n) is 5.19. The van der Waals surface area contributed by atoms with Crippen LogP contribution in [-0.4, -0.2) is 41.2 Å². The van der Waals surface area contributed by atoms with Gasteiger partial charge in [-0.15, -0.1) is 4.31 Å². The SMILES string of the molecule is CC[SH+]N1CCC(NC2(C)CC(c3ccc(NC)c(C(C)N)c3)=Cc3ccncc32)CC1. The third kappa shape index (κ3) is 4.88. The summed E-state index contributed by atoms with van der Waals surface area (Å²) in [4.78, 5) is 4.48.